The molecule has 1 saturated heterocycles. The first-order valence-electron chi connectivity index (χ1n) is 10.0. The average Bonchev–Trinajstić information content (AvgIpc) is 2.74. The minimum atomic E-state index is -3.47. The zero-order valence-electron chi connectivity index (χ0n) is 16.8. The van der Waals surface area contributed by atoms with E-state index in [1.807, 2.05) is 30.3 Å². The summed E-state index contributed by atoms with van der Waals surface area (Å²) in [4.78, 5) is 12.3. The number of piperidine rings is 1. The van der Waals surface area contributed by atoms with Gasteiger partial charge in [-0.2, -0.15) is 4.31 Å². The van der Waals surface area contributed by atoms with Gasteiger partial charge >= 0.3 is 0 Å². The average molecular weight is 417 g/mol. The largest absolute Gasteiger partial charge is 0.484 e. The van der Waals surface area contributed by atoms with E-state index < -0.39 is 10.0 Å². The molecule has 1 amide bonds. The normalized spacial score (nSPS) is 15.1. The van der Waals surface area contributed by atoms with Gasteiger partial charge in [-0.15, -0.1) is 0 Å². The first kappa shape index (κ1) is 21.3. The fraction of sp³-hybridized carbons (Fsp3) is 0.409. The highest BCUT2D eigenvalue weighted by atomic mass is 32.2. The summed E-state index contributed by atoms with van der Waals surface area (Å²) in [5.41, 5.74) is 1.86. The molecule has 1 N–H and O–H groups in total. The van der Waals surface area contributed by atoms with Crippen LogP contribution in [0.4, 0.5) is 0 Å². The summed E-state index contributed by atoms with van der Waals surface area (Å²) in [6.07, 6.45) is 3.64. The van der Waals surface area contributed by atoms with Crippen LogP contribution < -0.4 is 10.1 Å². The van der Waals surface area contributed by atoms with Crippen LogP contribution in [0.2, 0.25) is 0 Å². The highest BCUT2D eigenvalue weighted by Crippen LogP contribution is 2.25. The molecule has 1 fully saturated rings. The first-order chi connectivity index (χ1) is 14.0. The molecule has 6 nitrogen and oxygen atoms in total. The summed E-state index contributed by atoms with van der Waals surface area (Å²) < 4.78 is 32.7. The van der Waals surface area contributed by atoms with Gasteiger partial charge in [-0.25, -0.2) is 8.42 Å². The second kappa shape index (κ2) is 9.89. The van der Waals surface area contributed by atoms with E-state index in [1.165, 1.54) is 0 Å². The van der Waals surface area contributed by atoms with Crippen LogP contribution >= 0.6 is 0 Å². The van der Waals surface area contributed by atoms with Gasteiger partial charge < -0.3 is 10.1 Å². The molecule has 3 rings (SSSR count). The number of nitrogens with one attached hydrogen (secondary N) is 1. The number of carbonyl (C=O) groups is 1. The summed E-state index contributed by atoms with van der Waals surface area (Å²) in [6, 6.07) is 14.7. The topological polar surface area (TPSA) is 75.7 Å². The second-order valence-corrected chi connectivity index (χ2v) is 9.20. The van der Waals surface area contributed by atoms with E-state index >= 15 is 0 Å². The van der Waals surface area contributed by atoms with Gasteiger partial charge in [-0.1, -0.05) is 36.8 Å². The molecule has 156 valence electrons. The van der Waals surface area contributed by atoms with Crippen molar-refractivity contribution in [2.45, 2.75) is 37.5 Å². The van der Waals surface area contributed by atoms with Gasteiger partial charge in [0.05, 0.1) is 4.90 Å². The molecule has 0 atom stereocenters. The standard InChI is InChI=1S/C22H28N2O4S/c1-18-16-20(29(26,27)24-14-6-3-7-15-24)10-11-21(18)28-17-22(25)23-13-12-19-8-4-2-5-9-19/h2,4-5,8-11,16H,3,6-7,12-15,17H2,1H3,(H,23,25). The van der Waals surface area contributed by atoms with Gasteiger partial charge in [0.1, 0.15) is 5.75 Å². The van der Waals surface area contributed by atoms with Gasteiger partial charge in [-0.05, 0) is 55.5 Å². The quantitative estimate of drug-likeness (QED) is 0.718. The fourth-order valence-corrected chi connectivity index (χ4v) is 4.99. The molecule has 0 aromatic heterocycles. The van der Waals surface area contributed by atoms with Crippen molar-refractivity contribution >= 4 is 15.9 Å². The molecule has 2 aromatic rings. The van der Waals surface area contributed by atoms with Crippen LogP contribution in [0.1, 0.15) is 30.4 Å². The van der Waals surface area contributed by atoms with E-state index in [4.69, 9.17) is 4.74 Å². The molecule has 29 heavy (non-hydrogen) atoms. The second-order valence-electron chi connectivity index (χ2n) is 7.27. The zero-order valence-corrected chi connectivity index (χ0v) is 17.6. The van der Waals surface area contributed by atoms with E-state index in [-0.39, 0.29) is 17.4 Å². The van der Waals surface area contributed by atoms with E-state index in [0.717, 1.165) is 31.2 Å². The molecule has 0 spiro atoms. The molecule has 2 aromatic carbocycles. The predicted octanol–water partition coefficient (Wildman–Crippen LogP) is 2.91. The molecular formula is C22H28N2O4S. The lowest BCUT2D eigenvalue weighted by atomic mass is 10.1. The minimum absolute atomic E-state index is 0.103. The molecule has 0 saturated carbocycles. The SMILES string of the molecule is Cc1cc(S(=O)(=O)N2CCCCC2)ccc1OCC(=O)NCCc1ccccc1. The Morgan fingerprint density at radius 3 is 2.48 bits per heavy atom. The van der Waals surface area contributed by atoms with Crippen molar-refractivity contribution in [2.75, 3.05) is 26.2 Å². The van der Waals surface area contributed by atoms with Gasteiger partial charge in [0, 0.05) is 19.6 Å². The summed E-state index contributed by atoms with van der Waals surface area (Å²) in [7, 11) is -3.47. The van der Waals surface area contributed by atoms with Crippen LogP contribution in [0.25, 0.3) is 0 Å². The Bertz CT molecular complexity index is 923. The van der Waals surface area contributed by atoms with Crippen LogP contribution in [0.5, 0.6) is 5.75 Å². The number of aryl methyl sites for hydroxylation is 1. The third kappa shape index (κ3) is 5.81. The number of benzene rings is 2. The molecule has 0 aliphatic carbocycles. The van der Waals surface area contributed by atoms with Crippen molar-refractivity contribution in [1.29, 1.82) is 0 Å². The Kier molecular flexibility index (Phi) is 7.28. The number of hydrogen-bond acceptors (Lipinski definition) is 4. The number of rotatable bonds is 8. The molecular weight excluding hydrogens is 388 g/mol. The Morgan fingerprint density at radius 1 is 1.07 bits per heavy atom. The van der Waals surface area contributed by atoms with Crippen LogP contribution in [-0.4, -0.2) is 44.9 Å². The monoisotopic (exact) mass is 416 g/mol. The summed E-state index contributed by atoms with van der Waals surface area (Å²) in [5.74, 6) is 0.311. The van der Waals surface area contributed by atoms with Crippen molar-refractivity contribution in [1.82, 2.24) is 9.62 Å². The van der Waals surface area contributed by atoms with Crippen LogP contribution in [-0.2, 0) is 21.2 Å². The maximum absolute atomic E-state index is 12.8. The molecule has 0 unspecified atom stereocenters. The lowest BCUT2D eigenvalue weighted by Crippen LogP contribution is -2.35. The van der Waals surface area contributed by atoms with Crippen LogP contribution in [0, 0.1) is 6.92 Å². The number of carbonyl (C=O) groups excluding carboxylic acids is 1. The number of amides is 1. The fourth-order valence-electron chi connectivity index (χ4n) is 3.38. The smallest absolute Gasteiger partial charge is 0.257 e. The van der Waals surface area contributed by atoms with Crippen molar-refractivity contribution in [3.8, 4) is 5.75 Å². The Hall–Kier alpha value is -2.38. The maximum atomic E-state index is 12.8. The van der Waals surface area contributed by atoms with E-state index in [9.17, 15) is 13.2 Å². The van der Waals surface area contributed by atoms with Crippen molar-refractivity contribution in [3.05, 3.63) is 59.7 Å². The van der Waals surface area contributed by atoms with E-state index in [1.54, 1.807) is 29.4 Å². The molecule has 1 heterocycles. The summed E-state index contributed by atoms with van der Waals surface area (Å²) in [5, 5.41) is 2.83. The van der Waals surface area contributed by atoms with Crippen LogP contribution in [0.15, 0.2) is 53.4 Å². The number of sulfonamides is 1. The Morgan fingerprint density at radius 2 is 1.79 bits per heavy atom. The number of hydrogen-bond donors (Lipinski definition) is 1. The van der Waals surface area contributed by atoms with Gasteiger partial charge in [0.2, 0.25) is 10.0 Å². The molecule has 0 radical (unpaired) electrons. The van der Waals surface area contributed by atoms with Gasteiger partial charge in [0.25, 0.3) is 5.91 Å². The zero-order chi connectivity index (χ0) is 20.7. The molecule has 0 bridgehead atoms. The van der Waals surface area contributed by atoms with Crippen molar-refractivity contribution in [3.63, 3.8) is 0 Å². The molecule has 1 aliphatic heterocycles. The predicted molar refractivity (Wildman–Crippen MR) is 112 cm³/mol. The highest BCUT2D eigenvalue weighted by molar-refractivity contribution is 7.89. The highest BCUT2D eigenvalue weighted by Gasteiger charge is 2.26. The minimum Gasteiger partial charge on any atom is -0.484 e. The van der Waals surface area contributed by atoms with E-state index in [2.05, 4.69) is 5.32 Å². The lowest BCUT2D eigenvalue weighted by molar-refractivity contribution is -0.123. The third-order valence-electron chi connectivity index (χ3n) is 5.04. The lowest BCUT2D eigenvalue weighted by Gasteiger charge is -2.26. The first-order valence-corrected chi connectivity index (χ1v) is 11.4. The molecule has 7 heteroatoms. The summed E-state index contributed by atoms with van der Waals surface area (Å²) in [6.45, 7) is 3.37. The van der Waals surface area contributed by atoms with Crippen molar-refractivity contribution < 1.29 is 17.9 Å². The van der Waals surface area contributed by atoms with E-state index in [0.29, 0.717) is 30.9 Å². The Labute approximate surface area is 172 Å². The van der Waals surface area contributed by atoms with Gasteiger partial charge in [-0.3, -0.25) is 4.79 Å². The number of ether oxygens (including phenoxy) is 1. The third-order valence-corrected chi connectivity index (χ3v) is 6.93. The van der Waals surface area contributed by atoms with Crippen molar-refractivity contribution in [2.24, 2.45) is 0 Å². The Balaban J connectivity index is 1.51. The van der Waals surface area contributed by atoms with Crippen LogP contribution in [0.3, 0.4) is 0 Å². The molecule has 1 aliphatic rings. The summed E-state index contributed by atoms with van der Waals surface area (Å²) >= 11 is 0. The van der Waals surface area contributed by atoms with Gasteiger partial charge in [0.15, 0.2) is 6.61 Å². The number of nitrogens with zero attached hydrogens (tertiary/aromatic N) is 1. The maximum Gasteiger partial charge on any atom is 0.257 e.